The molecule has 0 spiro atoms. The van der Waals surface area contributed by atoms with Crippen molar-refractivity contribution in [3.8, 4) is 11.1 Å². The number of aromatic nitrogens is 3. The number of benzene rings is 2. The first kappa shape index (κ1) is 14.4. The molecule has 0 bridgehead atoms. The van der Waals surface area contributed by atoms with Gasteiger partial charge in [0.1, 0.15) is 0 Å². The first-order chi connectivity index (χ1) is 11.8. The van der Waals surface area contributed by atoms with Gasteiger partial charge in [-0.25, -0.2) is 0 Å². The standard InChI is InChI=1S/C21H17N3/c1-15-3-2-4-16(13-15)5-8-20-19-7-6-18(14-21(19)24-23-20)17-9-11-22-12-10-17/h2-14H,1H3,(H,23,24)/b8-5+. The van der Waals surface area contributed by atoms with E-state index < -0.39 is 0 Å². The minimum Gasteiger partial charge on any atom is -0.277 e. The molecule has 2 aromatic carbocycles. The first-order valence-corrected chi connectivity index (χ1v) is 7.93. The van der Waals surface area contributed by atoms with Gasteiger partial charge in [-0.05, 0) is 54.0 Å². The molecule has 3 nitrogen and oxygen atoms in total. The molecule has 24 heavy (non-hydrogen) atoms. The second-order valence-electron chi connectivity index (χ2n) is 5.85. The van der Waals surface area contributed by atoms with Crippen LogP contribution in [0.3, 0.4) is 0 Å². The monoisotopic (exact) mass is 311 g/mol. The Morgan fingerprint density at radius 3 is 2.58 bits per heavy atom. The van der Waals surface area contributed by atoms with Gasteiger partial charge in [-0.3, -0.25) is 10.1 Å². The largest absolute Gasteiger partial charge is 0.277 e. The average molecular weight is 311 g/mol. The van der Waals surface area contributed by atoms with Crippen LogP contribution in [-0.2, 0) is 0 Å². The van der Waals surface area contributed by atoms with Crippen LogP contribution in [0.25, 0.3) is 34.2 Å². The maximum absolute atomic E-state index is 4.44. The van der Waals surface area contributed by atoms with E-state index in [1.54, 1.807) is 0 Å². The molecule has 0 aliphatic rings. The highest BCUT2D eigenvalue weighted by atomic mass is 15.1. The average Bonchev–Trinajstić information content (AvgIpc) is 3.03. The molecular weight excluding hydrogens is 294 g/mol. The number of pyridine rings is 1. The summed E-state index contributed by atoms with van der Waals surface area (Å²) in [7, 11) is 0. The van der Waals surface area contributed by atoms with Gasteiger partial charge in [0.25, 0.3) is 0 Å². The summed E-state index contributed by atoms with van der Waals surface area (Å²) >= 11 is 0. The Morgan fingerprint density at radius 1 is 0.875 bits per heavy atom. The fourth-order valence-corrected chi connectivity index (χ4v) is 2.84. The minimum absolute atomic E-state index is 0.952. The van der Waals surface area contributed by atoms with Crippen molar-refractivity contribution in [2.75, 3.05) is 0 Å². The fourth-order valence-electron chi connectivity index (χ4n) is 2.84. The summed E-state index contributed by atoms with van der Waals surface area (Å²) in [6.45, 7) is 2.10. The first-order valence-electron chi connectivity index (χ1n) is 7.93. The summed E-state index contributed by atoms with van der Waals surface area (Å²) in [5, 5.41) is 8.69. The summed E-state index contributed by atoms with van der Waals surface area (Å²) in [4.78, 5) is 4.07. The minimum atomic E-state index is 0.952. The van der Waals surface area contributed by atoms with Gasteiger partial charge in [0.2, 0.25) is 0 Å². The second-order valence-corrected chi connectivity index (χ2v) is 5.85. The van der Waals surface area contributed by atoms with Crippen LogP contribution in [0.5, 0.6) is 0 Å². The van der Waals surface area contributed by atoms with Crippen molar-refractivity contribution in [3.63, 3.8) is 0 Å². The quantitative estimate of drug-likeness (QED) is 0.571. The highest BCUT2D eigenvalue weighted by molar-refractivity contribution is 5.92. The van der Waals surface area contributed by atoms with E-state index in [1.165, 1.54) is 11.1 Å². The zero-order valence-electron chi connectivity index (χ0n) is 13.4. The van der Waals surface area contributed by atoms with Gasteiger partial charge in [0, 0.05) is 17.8 Å². The van der Waals surface area contributed by atoms with E-state index in [-0.39, 0.29) is 0 Å². The summed E-state index contributed by atoms with van der Waals surface area (Å²) in [5.41, 5.74) is 6.73. The van der Waals surface area contributed by atoms with Gasteiger partial charge in [-0.2, -0.15) is 5.10 Å². The number of aromatic amines is 1. The number of nitrogens with zero attached hydrogens (tertiary/aromatic N) is 2. The molecule has 0 aliphatic carbocycles. The topological polar surface area (TPSA) is 41.6 Å². The van der Waals surface area contributed by atoms with Crippen LogP contribution in [0.1, 0.15) is 16.8 Å². The van der Waals surface area contributed by atoms with Gasteiger partial charge in [0.05, 0.1) is 11.2 Å². The van der Waals surface area contributed by atoms with Crippen LogP contribution >= 0.6 is 0 Å². The maximum Gasteiger partial charge on any atom is 0.0927 e. The number of hydrogen-bond acceptors (Lipinski definition) is 2. The number of rotatable bonds is 3. The van der Waals surface area contributed by atoms with Gasteiger partial charge in [-0.15, -0.1) is 0 Å². The summed E-state index contributed by atoms with van der Waals surface area (Å²) in [6, 6.07) is 18.8. The van der Waals surface area contributed by atoms with Gasteiger partial charge < -0.3 is 0 Å². The highest BCUT2D eigenvalue weighted by Crippen LogP contribution is 2.25. The fraction of sp³-hybridized carbons (Fsp3) is 0.0476. The lowest BCUT2D eigenvalue weighted by Crippen LogP contribution is -1.79. The van der Waals surface area contributed by atoms with Crippen molar-refractivity contribution in [2.45, 2.75) is 6.92 Å². The van der Waals surface area contributed by atoms with Crippen molar-refractivity contribution >= 4 is 23.1 Å². The van der Waals surface area contributed by atoms with E-state index in [9.17, 15) is 0 Å². The molecule has 116 valence electrons. The number of H-pyrrole nitrogens is 1. The van der Waals surface area contributed by atoms with E-state index >= 15 is 0 Å². The zero-order valence-corrected chi connectivity index (χ0v) is 13.4. The van der Waals surface area contributed by atoms with Crippen LogP contribution < -0.4 is 0 Å². The molecule has 4 aromatic rings. The molecular formula is C21H17N3. The molecule has 0 amide bonds. The second kappa shape index (κ2) is 6.13. The van der Waals surface area contributed by atoms with Gasteiger partial charge in [0.15, 0.2) is 0 Å². The zero-order chi connectivity index (χ0) is 16.4. The number of hydrogen-bond donors (Lipinski definition) is 1. The van der Waals surface area contributed by atoms with Crippen molar-refractivity contribution in [1.82, 2.24) is 15.2 Å². The van der Waals surface area contributed by atoms with Crippen LogP contribution in [0.4, 0.5) is 0 Å². The normalized spacial score (nSPS) is 11.4. The van der Waals surface area contributed by atoms with Gasteiger partial charge in [-0.1, -0.05) is 42.0 Å². The Balaban J connectivity index is 1.68. The van der Waals surface area contributed by atoms with Crippen LogP contribution in [0, 0.1) is 6.92 Å². The van der Waals surface area contributed by atoms with E-state index in [1.807, 2.05) is 24.5 Å². The molecule has 0 saturated heterocycles. The third-order valence-electron chi connectivity index (χ3n) is 4.08. The molecule has 0 radical (unpaired) electrons. The molecule has 0 unspecified atom stereocenters. The lowest BCUT2D eigenvalue weighted by molar-refractivity contribution is 1.11. The predicted molar refractivity (Wildman–Crippen MR) is 99.4 cm³/mol. The Labute approximate surface area is 140 Å². The van der Waals surface area contributed by atoms with Crippen LogP contribution in [0.2, 0.25) is 0 Å². The molecule has 0 fully saturated rings. The highest BCUT2D eigenvalue weighted by Gasteiger charge is 2.05. The van der Waals surface area contributed by atoms with Crippen molar-refractivity contribution < 1.29 is 0 Å². The molecule has 2 heterocycles. The molecule has 0 saturated carbocycles. The summed E-state index contributed by atoms with van der Waals surface area (Å²) in [6.07, 6.45) is 7.77. The lowest BCUT2D eigenvalue weighted by atomic mass is 10.0. The third-order valence-corrected chi connectivity index (χ3v) is 4.08. The summed E-state index contributed by atoms with van der Waals surface area (Å²) < 4.78 is 0. The molecule has 2 aromatic heterocycles. The maximum atomic E-state index is 4.44. The van der Waals surface area contributed by atoms with Crippen LogP contribution in [0.15, 0.2) is 67.0 Å². The Hall–Kier alpha value is -3.20. The smallest absolute Gasteiger partial charge is 0.0927 e. The Bertz CT molecular complexity index is 1010. The SMILES string of the molecule is Cc1cccc(/C=C/c2n[nH]c3cc(-c4ccncc4)ccc23)c1. The molecule has 1 N–H and O–H groups in total. The van der Waals surface area contributed by atoms with Crippen molar-refractivity contribution in [1.29, 1.82) is 0 Å². The molecule has 3 heteroatoms. The molecule has 0 aliphatic heterocycles. The van der Waals surface area contributed by atoms with E-state index in [4.69, 9.17) is 0 Å². The Kier molecular flexibility index (Phi) is 3.67. The van der Waals surface area contributed by atoms with Crippen molar-refractivity contribution in [3.05, 3.63) is 83.8 Å². The van der Waals surface area contributed by atoms with Gasteiger partial charge >= 0.3 is 0 Å². The number of fused-ring (bicyclic) bond motifs is 1. The lowest BCUT2D eigenvalue weighted by Gasteiger charge is -2.01. The van der Waals surface area contributed by atoms with Crippen molar-refractivity contribution in [2.24, 2.45) is 0 Å². The molecule has 0 atom stereocenters. The Morgan fingerprint density at radius 2 is 1.75 bits per heavy atom. The van der Waals surface area contributed by atoms with E-state index in [2.05, 4.69) is 76.7 Å². The third kappa shape index (κ3) is 2.84. The predicted octanol–water partition coefficient (Wildman–Crippen LogP) is 5.10. The van der Waals surface area contributed by atoms with Crippen LogP contribution in [-0.4, -0.2) is 15.2 Å². The molecule has 4 rings (SSSR count). The van der Waals surface area contributed by atoms with E-state index in [0.29, 0.717) is 0 Å². The summed E-state index contributed by atoms with van der Waals surface area (Å²) in [5.74, 6) is 0. The van der Waals surface area contributed by atoms with E-state index in [0.717, 1.165) is 27.7 Å². The number of nitrogens with one attached hydrogen (secondary N) is 1. The number of aryl methyl sites for hydroxylation is 1.